The van der Waals surface area contributed by atoms with Crippen molar-refractivity contribution in [2.24, 2.45) is 0 Å². The molecule has 1 saturated heterocycles. The van der Waals surface area contributed by atoms with E-state index in [4.69, 9.17) is 5.26 Å². The van der Waals surface area contributed by atoms with Gasteiger partial charge in [-0.3, -0.25) is 4.79 Å². The number of hydrogen-bond donors (Lipinski definition) is 0. The second kappa shape index (κ2) is 9.21. The Bertz CT molecular complexity index is 1100. The van der Waals surface area contributed by atoms with Crippen LogP contribution >= 0.6 is 0 Å². The maximum Gasteiger partial charge on any atom is 0.243 e. The van der Waals surface area contributed by atoms with Crippen LogP contribution in [0.25, 0.3) is 0 Å². The van der Waals surface area contributed by atoms with Gasteiger partial charge in [0, 0.05) is 32.6 Å². The van der Waals surface area contributed by atoms with Crippen molar-refractivity contribution in [3.8, 4) is 6.07 Å². The first-order valence-corrected chi connectivity index (χ1v) is 12.3. The minimum atomic E-state index is -3.54. The number of piperazine rings is 1. The van der Waals surface area contributed by atoms with Gasteiger partial charge in [-0.2, -0.15) is 9.57 Å². The molecule has 1 amide bonds. The van der Waals surface area contributed by atoms with Gasteiger partial charge in [-0.15, -0.1) is 0 Å². The van der Waals surface area contributed by atoms with E-state index in [0.29, 0.717) is 49.5 Å². The van der Waals surface area contributed by atoms with Gasteiger partial charge >= 0.3 is 0 Å². The fourth-order valence-corrected chi connectivity index (χ4v) is 5.83. The van der Waals surface area contributed by atoms with Gasteiger partial charge in [-0.1, -0.05) is 18.2 Å². The number of sulfonamides is 1. The molecular formula is C24H27N3O3S. The molecule has 0 unspecified atom stereocenters. The van der Waals surface area contributed by atoms with Crippen LogP contribution in [-0.4, -0.2) is 49.7 Å². The van der Waals surface area contributed by atoms with Crippen LogP contribution in [0.4, 0.5) is 0 Å². The summed E-state index contributed by atoms with van der Waals surface area (Å²) in [5.41, 5.74) is 4.04. The van der Waals surface area contributed by atoms with Crippen molar-refractivity contribution in [3.63, 3.8) is 0 Å². The molecular weight excluding hydrogens is 410 g/mol. The Kier molecular flexibility index (Phi) is 6.40. The Labute approximate surface area is 184 Å². The normalized spacial score (nSPS) is 17.1. The van der Waals surface area contributed by atoms with Crippen LogP contribution in [-0.2, 0) is 34.1 Å². The first-order chi connectivity index (χ1) is 15.0. The summed E-state index contributed by atoms with van der Waals surface area (Å²) in [5.74, 6) is 0.0372. The molecule has 0 saturated carbocycles. The van der Waals surface area contributed by atoms with E-state index in [-0.39, 0.29) is 5.91 Å². The van der Waals surface area contributed by atoms with Crippen LogP contribution in [0, 0.1) is 11.3 Å². The zero-order valence-electron chi connectivity index (χ0n) is 17.6. The minimum Gasteiger partial charge on any atom is -0.340 e. The molecule has 0 spiro atoms. The molecule has 2 aromatic rings. The Morgan fingerprint density at radius 1 is 0.935 bits per heavy atom. The van der Waals surface area contributed by atoms with Crippen LogP contribution in [0.1, 0.15) is 41.5 Å². The van der Waals surface area contributed by atoms with E-state index in [1.54, 1.807) is 23.1 Å². The summed E-state index contributed by atoms with van der Waals surface area (Å²) >= 11 is 0. The summed E-state index contributed by atoms with van der Waals surface area (Å²) in [6.07, 6.45) is 5.24. The first-order valence-electron chi connectivity index (χ1n) is 10.9. The molecule has 1 aliphatic carbocycles. The van der Waals surface area contributed by atoms with Crippen molar-refractivity contribution in [1.82, 2.24) is 9.21 Å². The Balaban J connectivity index is 1.33. The van der Waals surface area contributed by atoms with Crippen molar-refractivity contribution in [2.45, 2.75) is 43.4 Å². The molecule has 2 aliphatic rings. The number of amides is 1. The highest BCUT2D eigenvalue weighted by molar-refractivity contribution is 7.89. The van der Waals surface area contributed by atoms with Gasteiger partial charge in [0.1, 0.15) is 0 Å². The van der Waals surface area contributed by atoms with Gasteiger partial charge in [-0.05, 0) is 73.1 Å². The van der Waals surface area contributed by atoms with Gasteiger partial charge in [0.25, 0.3) is 0 Å². The molecule has 7 heteroatoms. The molecule has 31 heavy (non-hydrogen) atoms. The van der Waals surface area contributed by atoms with Crippen molar-refractivity contribution in [3.05, 3.63) is 64.7 Å². The number of carbonyl (C=O) groups is 1. The van der Waals surface area contributed by atoms with E-state index in [2.05, 4.69) is 6.07 Å². The van der Waals surface area contributed by atoms with Gasteiger partial charge in [0.05, 0.1) is 16.5 Å². The average molecular weight is 438 g/mol. The van der Waals surface area contributed by atoms with E-state index >= 15 is 0 Å². The number of nitrogens with zero attached hydrogens (tertiary/aromatic N) is 3. The van der Waals surface area contributed by atoms with Crippen LogP contribution < -0.4 is 0 Å². The largest absolute Gasteiger partial charge is 0.340 e. The maximum atomic E-state index is 13.1. The fourth-order valence-electron chi connectivity index (χ4n) is 4.35. The topological polar surface area (TPSA) is 81.5 Å². The predicted molar refractivity (Wildman–Crippen MR) is 118 cm³/mol. The third-order valence-corrected chi connectivity index (χ3v) is 8.15. The number of benzene rings is 2. The number of aryl methyl sites for hydroxylation is 3. The van der Waals surface area contributed by atoms with Crippen molar-refractivity contribution >= 4 is 15.9 Å². The third kappa shape index (κ3) is 4.81. The monoisotopic (exact) mass is 437 g/mol. The van der Waals surface area contributed by atoms with Crippen LogP contribution in [0.2, 0.25) is 0 Å². The summed E-state index contributed by atoms with van der Waals surface area (Å²) in [5, 5.41) is 8.86. The Hall–Kier alpha value is -2.69. The summed E-state index contributed by atoms with van der Waals surface area (Å²) < 4.78 is 27.7. The van der Waals surface area contributed by atoms with Gasteiger partial charge in [0.2, 0.25) is 15.9 Å². The van der Waals surface area contributed by atoms with E-state index in [9.17, 15) is 13.2 Å². The highest BCUT2D eigenvalue weighted by Crippen LogP contribution is 2.26. The van der Waals surface area contributed by atoms with Crippen molar-refractivity contribution < 1.29 is 13.2 Å². The Morgan fingerprint density at radius 3 is 2.29 bits per heavy atom. The highest BCUT2D eigenvalue weighted by Gasteiger charge is 2.30. The summed E-state index contributed by atoms with van der Waals surface area (Å²) in [6.45, 7) is 1.47. The minimum absolute atomic E-state index is 0.0372. The number of rotatable bonds is 5. The number of carbonyl (C=O) groups excluding carboxylic acids is 1. The molecule has 1 heterocycles. The van der Waals surface area contributed by atoms with Crippen LogP contribution in [0.5, 0.6) is 0 Å². The lowest BCUT2D eigenvalue weighted by Crippen LogP contribution is -2.50. The molecule has 4 rings (SSSR count). The van der Waals surface area contributed by atoms with E-state index in [1.165, 1.54) is 16.3 Å². The maximum absolute atomic E-state index is 13.1. The summed E-state index contributed by atoms with van der Waals surface area (Å²) in [4.78, 5) is 14.7. The summed E-state index contributed by atoms with van der Waals surface area (Å²) in [7, 11) is -3.54. The molecule has 1 fully saturated rings. The number of hydrogen-bond acceptors (Lipinski definition) is 4. The second-order valence-electron chi connectivity index (χ2n) is 8.23. The molecule has 0 atom stereocenters. The lowest BCUT2D eigenvalue weighted by Gasteiger charge is -2.34. The molecule has 0 aromatic heterocycles. The number of fused-ring (bicyclic) bond motifs is 1. The average Bonchev–Trinajstić information content (AvgIpc) is 2.82. The smallest absolute Gasteiger partial charge is 0.243 e. The second-order valence-corrected chi connectivity index (χ2v) is 10.2. The molecule has 162 valence electrons. The van der Waals surface area contributed by atoms with E-state index < -0.39 is 10.0 Å². The lowest BCUT2D eigenvalue weighted by atomic mass is 9.92. The number of nitriles is 1. The van der Waals surface area contributed by atoms with Gasteiger partial charge in [0.15, 0.2) is 0 Å². The van der Waals surface area contributed by atoms with E-state index in [0.717, 1.165) is 30.4 Å². The standard InChI is InChI=1S/C24H27N3O3S/c25-18-20-7-5-19(6-8-20)9-12-24(28)26-13-15-27(16-14-26)31(29,30)23-11-10-21-3-1-2-4-22(21)17-23/h5-8,10-11,17H,1-4,9,12-16H2. The molecule has 0 bridgehead atoms. The van der Waals surface area contributed by atoms with Crippen molar-refractivity contribution in [1.29, 1.82) is 5.26 Å². The van der Waals surface area contributed by atoms with Crippen LogP contribution in [0.3, 0.4) is 0 Å². The van der Waals surface area contributed by atoms with E-state index in [1.807, 2.05) is 24.3 Å². The van der Waals surface area contributed by atoms with Crippen molar-refractivity contribution in [2.75, 3.05) is 26.2 Å². The lowest BCUT2D eigenvalue weighted by molar-refractivity contribution is -0.132. The predicted octanol–water partition coefficient (Wildman–Crippen LogP) is 2.90. The fraction of sp³-hybridized carbons (Fsp3) is 0.417. The summed E-state index contributed by atoms with van der Waals surface area (Å²) in [6, 6.07) is 14.9. The molecule has 2 aromatic carbocycles. The molecule has 1 aliphatic heterocycles. The molecule has 0 N–H and O–H groups in total. The SMILES string of the molecule is N#Cc1ccc(CCC(=O)N2CCN(S(=O)(=O)c3ccc4c(c3)CCCC4)CC2)cc1. The van der Waals surface area contributed by atoms with Gasteiger partial charge in [-0.25, -0.2) is 8.42 Å². The zero-order valence-corrected chi connectivity index (χ0v) is 18.4. The first kappa shape index (κ1) is 21.5. The van der Waals surface area contributed by atoms with Crippen LogP contribution in [0.15, 0.2) is 47.4 Å². The zero-order chi connectivity index (χ0) is 21.8. The quantitative estimate of drug-likeness (QED) is 0.720. The third-order valence-electron chi connectivity index (χ3n) is 6.26. The van der Waals surface area contributed by atoms with Gasteiger partial charge < -0.3 is 4.90 Å². The molecule has 6 nitrogen and oxygen atoms in total. The highest BCUT2D eigenvalue weighted by atomic mass is 32.2. The Morgan fingerprint density at radius 2 is 1.61 bits per heavy atom. The molecule has 0 radical (unpaired) electrons.